The Morgan fingerprint density at radius 3 is 2.21 bits per heavy atom. The van der Waals surface area contributed by atoms with Gasteiger partial charge < -0.3 is 4.74 Å². The van der Waals surface area contributed by atoms with Crippen LogP contribution in [0.1, 0.15) is 36.1 Å². The molecule has 0 unspecified atom stereocenters. The van der Waals surface area contributed by atoms with Crippen LogP contribution in [0.2, 0.25) is 0 Å². The number of nitrogens with one attached hydrogen (secondary N) is 1. The SMILES string of the molecule is Cc1ccc(C=NNC(=O)COc2ccc(C(C)(C)c3ccccc3)cc2)cc1. The molecule has 3 rings (SSSR count). The zero-order valence-electron chi connectivity index (χ0n) is 17.1. The van der Waals surface area contributed by atoms with E-state index in [0.717, 1.165) is 5.56 Å². The van der Waals surface area contributed by atoms with Crippen molar-refractivity contribution >= 4 is 12.1 Å². The molecule has 0 radical (unpaired) electrons. The Morgan fingerprint density at radius 1 is 0.931 bits per heavy atom. The highest BCUT2D eigenvalue weighted by Gasteiger charge is 2.22. The number of aryl methyl sites for hydroxylation is 1. The molecule has 0 saturated carbocycles. The normalized spacial score (nSPS) is 11.4. The lowest BCUT2D eigenvalue weighted by Gasteiger charge is -2.26. The summed E-state index contributed by atoms with van der Waals surface area (Å²) in [5.74, 6) is 0.345. The quantitative estimate of drug-likeness (QED) is 0.466. The van der Waals surface area contributed by atoms with E-state index in [0.29, 0.717) is 5.75 Å². The Balaban J connectivity index is 1.52. The summed E-state index contributed by atoms with van der Waals surface area (Å²) in [5.41, 5.74) is 6.91. The van der Waals surface area contributed by atoms with Crippen molar-refractivity contribution in [2.75, 3.05) is 6.61 Å². The molecule has 1 N–H and O–H groups in total. The van der Waals surface area contributed by atoms with Gasteiger partial charge in [-0.25, -0.2) is 5.43 Å². The Kier molecular flexibility index (Phi) is 6.45. The van der Waals surface area contributed by atoms with E-state index in [1.54, 1.807) is 6.21 Å². The molecular weight excluding hydrogens is 360 g/mol. The first-order valence-electron chi connectivity index (χ1n) is 9.62. The number of ether oxygens (including phenoxy) is 1. The average Bonchev–Trinajstić information content (AvgIpc) is 2.74. The lowest BCUT2D eigenvalue weighted by Crippen LogP contribution is -2.24. The third kappa shape index (κ3) is 5.55. The van der Waals surface area contributed by atoms with E-state index in [1.165, 1.54) is 16.7 Å². The number of hydrogen-bond donors (Lipinski definition) is 1. The molecule has 29 heavy (non-hydrogen) atoms. The molecule has 0 aliphatic rings. The molecule has 3 aromatic rings. The van der Waals surface area contributed by atoms with E-state index in [9.17, 15) is 4.79 Å². The van der Waals surface area contributed by atoms with Gasteiger partial charge in [-0.05, 0) is 35.7 Å². The Labute approximate surface area is 172 Å². The van der Waals surface area contributed by atoms with Crippen LogP contribution in [0, 0.1) is 6.92 Å². The van der Waals surface area contributed by atoms with Crippen LogP contribution in [0.4, 0.5) is 0 Å². The molecule has 1 amide bonds. The fourth-order valence-electron chi connectivity index (χ4n) is 3.00. The van der Waals surface area contributed by atoms with Crippen molar-refractivity contribution in [3.8, 4) is 5.75 Å². The van der Waals surface area contributed by atoms with E-state index < -0.39 is 0 Å². The maximum atomic E-state index is 11.9. The van der Waals surface area contributed by atoms with Crippen LogP contribution in [0.15, 0.2) is 84.0 Å². The van der Waals surface area contributed by atoms with Gasteiger partial charge in [0.25, 0.3) is 5.91 Å². The lowest BCUT2D eigenvalue weighted by molar-refractivity contribution is -0.123. The van der Waals surface area contributed by atoms with Crippen LogP contribution in [0.25, 0.3) is 0 Å². The summed E-state index contributed by atoms with van der Waals surface area (Å²) in [6, 6.07) is 26.1. The first-order valence-corrected chi connectivity index (χ1v) is 9.62. The van der Waals surface area contributed by atoms with Crippen LogP contribution in [0.3, 0.4) is 0 Å². The molecule has 0 spiro atoms. The van der Waals surface area contributed by atoms with Crippen LogP contribution in [0.5, 0.6) is 5.75 Å². The van der Waals surface area contributed by atoms with Crippen molar-refractivity contribution in [2.45, 2.75) is 26.2 Å². The van der Waals surface area contributed by atoms with E-state index in [1.807, 2.05) is 61.5 Å². The van der Waals surface area contributed by atoms with Gasteiger partial charge in [0.1, 0.15) is 5.75 Å². The molecule has 0 aromatic heterocycles. The first-order chi connectivity index (χ1) is 13.9. The maximum absolute atomic E-state index is 11.9. The van der Waals surface area contributed by atoms with Gasteiger partial charge in [0.15, 0.2) is 6.61 Å². The molecule has 0 heterocycles. The smallest absolute Gasteiger partial charge is 0.277 e. The topological polar surface area (TPSA) is 50.7 Å². The summed E-state index contributed by atoms with van der Waals surface area (Å²) in [4.78, 5) is 11.9. The fourth-order valence-corrected chi connectivity index (χ4v) is 3.00. The van der Waals surface area contributed by atoms with Gasteiger partial charge in [0, 0.05) is 5.41 Å². The zero-order chi connectivity index (χ0) is 20.7. The van der Waals surface area contributed by atoms with Gasteiger partial charge >= 0.3 is 0 Å². The second kappa shape index (κ2) is 9.20. The maximum Gasteiger partial charge on any atom is 0.277 e. The number of hydrogen-bond acceptors (Lipinski definition) is 3. The number of carbonyl (C=O) groups excluding carboxylic acids is 1. The monoisotopic (exact) mass is 386 g/mol. The molecule has 0 aliphatic heterocycles. The molecule has 4 nitrogen and oxygen atoms in total. The predicted molar refractivity (Wildman–Crippen MR) is 117 cm³/mol. The standard InChI is InChI=1S/C25H26N2O2/c1-19-9-11-20(12-10-19)17-26-27-24(28)18-29-23-15-13-22(14-16-23)25(2,3)21-7-5-4-6-8-21/h4-17H,18H2,1-3H3,(H,27,28). The number of hydrazone groups is 1. The largest absolute Gasteiger partial charge is 0.484 e. The van der Waals surface area contributed by atoms with Crippen molar-refractivity contribution < 1.29 is 9.53 Å². The number of nitrogens with zero attached hydrogens (tertiary/aromatic N) is 1. The van der Waals surface area contributed by atoms with Crippen molar-refractivity contribution in [1.29, 1.82) is 0 Å². The molecule has 0 atom stereocenters. The fraction of sp³-hybridized carbons (Fsp3) is 0.200. The second-order valence-corrected chi connectivity index (χ2v) is 7.51. The van der Waals surface area contributed by atoms with E-state index in [4.69, 9.17) is 4.74 Å². The number of rotatable bonds is 7. The molecule has 0 fully saturated rings. The number of carbonyl (C=O) groups is 1. The van der Waals surface area contributed by atoms with Crippen LogP contribution in [-0.4, -0.2) is 18.7 Å². The van der Waals surface area contributed by atoms with Crippen molar-refractivity contribution in [2.24, 2.45) is 5.10 Å². The van der Waals surface area contributed by atoms with Crippen molar-refractivity contribution in [3.63, 3.8) is 0 Å². The summed E-state index contributed by atoms with van der Waals surface area (Å²) < 4.78 is 5.57. The molecule has 4 heteroatoms. The van der Waals surface area contributed by atoms with Crippen molar-refractivity contribution in [1.82, 2.24) is 5.43 Å². The van der Waals surface area contributed by atoms with Gasteiger partial charge in [-0.1, -0.05) is 86.1 Å². The highest BCUT2D eigenvalue weighted by molar-refractivity contribution is 5.82. The van der Waals surface area contributed by atoms with Crippen LogP contribution < -0.4 is 10.2 Å². The van der Waals surface area contributed by atoms with Gasteiger partial charge in [-0.15, -0.1) is 0 Å². The Hall–Kier alpha value is -3.40. The second-order valence-electron chi connectivity index (χ2n) is 7.51. The van der Waals surface area contributed by atoms with E-state index >= 15 is 0 Å². The summed E-state index contributed by atoms with van der Waals surface area (Å²) in [7, 11) is 0. The number of amides is 1. The molecular formula is C25H26N2O2. The van der Waals surface area contributed by atoms with Crippen molar-refractivity contribution in [3.05, 3.63) is 101 Å². The van der Waals surface area contributed by atoms with Gasteiger partial charge in [0.05, 0.1) is 6.21 Å². The highest BCUT2D eigenvalue weighted by Crippen LogP contribution is 2.32. The lowest BCUT2D eigenvalue weighted by atomic mass is 9.78. The summed E-state index contributed by atoms with van der Waals surface area (Å²) >= 11 is 0. The summed E-state index contributed by atoms with van der Waals surface area (Å²) in [6.45, 7) is 6.32. The van der Waals surface area contributed by atoms with E-state index in [2.05, 4.69) is 48.6 Å². The molecule has 148 valence electrons. The summed E-state index contributed by atoms with van der Waals surface area (Å²) in [6.07, 6.45) is 1.61. The van der Waals surface area contributed by atoms with Gasteiger partial charge in [-0.3, -0.25) is 4.79 Å². The molecule has 3 aromatic carbocycles. The minimum atomic E-state index is -0.304. The molecule has 0 aliphatic carbocycles. The Bertz CT molecular complexity index is 960. The molecule has 0 saturated heterocycles. The minimum absolute atomic E-state index is 0.0906. The summed E-state index contributed by atoms with van der Waals surface area (Å²) in [5, 5.41) is 3.96. The van der Waals surface area contributed by atoms with Crippen LogP contribution >= 0.6 is 0 Å². The molecule has 0 bridgehead atoms. The minimum Gasteiger partial charge on any atom is -0.484 e. The third-order valence-electron chi connectivity index (χ3n) is 4.92. The van der Waals surface area contributed by atoms with Gasteiger partial charge in [-0.2, -0.15) is 5.10 Å². The Morgan fingerprint density at radius 2 is 1.55 bits per heavy atom. The first kappa shape index (κ1) is 20.3. The van der Waals surface area contributed by atoms with Crippen LogP contribution in [-0.2, 0) is 10.2 Å². The predicted octanol–water partition coefficient (Wildman–Crippen LogP) is 4.85. The number of benzene rings is 3. The third-order valence-corrected chi connectivity index (χ3v) is 4.92. The highest BCUT2D eigenvalue weighted by atomic mass is 16.5. The zero-order valence-corrected chi connectivity index (χ0v) is 17.1. The van der Waals surface area contributed by atoms with E-state index in [-0.39, 0.29) is 17.9 Å². The average molecular weight is 386 g/mol. The van der Waals surface area contributed by atoms with Gasteiger partial charge in [0.2, 0.25) is 0 Å².